The summed E-state index contributed by atoms with van der Waals surface area (Å²) in [5, 5.41) is 12.5. The monoisotopic (exact) mass is 248 g/mol. The minimum Gasteiger partial charge on any atom is -0.478 e. The number of alkyl halides is 1. The summed E-state index contributed by atoms with van der Waals surface area (Å²) in [6.07, 6.45) is 2.64. The Morgan fingerprint density at radius 3 is 3.06 bits per heavy atom. The third kappa shape index (κ3) is 2.60. The van der Waals surface area contributed by atoms with Gasteiger partial charge in [-0.25, -0.2) is 9.18 Å². The van der Waals surface area contributed by atoms with Crippen molar-refractivity contribution in [1.29, 1.82) is 0 Å². The van der Waals surface area contributed by atoms with Crippen molar-refractivity contribution in [2.75, 3.05) is 6.67 Å². The molecule has 0 unspecified atom stereocenters. The molecule has 0 radical (unpaired) electrons. The molecule has 0 atom stereocenters. The molecule has 0 fully saturated rings. The molecule has 92 valence electrons. The second kappa shape index (κ2) is 5.22. The number of hydrogen-bond acceptors (Lipinski definition) is 4. The van der Waals surface area contributed by atoms with Gasteiger partial charge in [-0.05, 0) is 30.4 Å². The van der Waals surface area contributed by atoms with E-state index in [-0.39, 0.29) is 17.3 Å². The highest BCUT2D eigenvalue weighted by molar-refractivity contribution is 5.88. The van der Waals surface area contributed by atoms with E-state index in [1.54, 1.807) is 12.1 Å². The number of aromatic nitrogens is 2. The molecule has 2 rings (SSSR count). The molecule has 1 heterocycles. The molecule has 1 aromatic carbocycles. The number of rotatable bonds is 4. The van der Waals surface area contributed by atoms with Gasteiger partial charge in [0.2, 0.25) is 0 Å². The highest BCUT2D eigenvalue weighted by Gasteiger charge is 2.09. The largest absolute Gasteiger partial charge is 0.478 e. The van der Waals surface area contributed by atoms with E-state index in [4.69, 9.17) is 9.63 Å². The number of aromatic carboxylic acids is 1. The number of nitrogens with zero attached hydrogens (tertiary/aromatic N) is 2. The molecule has 18 heavy (non-hydrogen) atoms. The maximum atomic E-state index is 11.9. The Labute approximate surface area is 102 Å². The van der Waals surface area contributed by atoms with Crippen LogP contribution in [0.1, 0.15) is 16.2 Å². The Morgan fingerprint density at radius 2 is 2.33 bits per heavy atom. The van der Waals surface area contributed by atoms with Gasteiger partial charge in [-0.3, -0.25) is 0 Å². The lowest BCUT2D eigenvalue weighted by Gasteiger charge is -1.96. The summed E-state index contributed by atoms with van der Waals surface area (Å²) in [6.45, 7) is -0.613. The fourth-order valence-electron chi connectivity index (χ4n) is 1.36. The number of hydrogen-bond donors (Lipinski definition) is 1. The quantitative estimate of drug-likeness (QED) is 0.899. The Kier molecular flexibility index (Phi) is 3.47. The molecule has 0 spiro atoms. The molecule has 1 N–H and O–H groups in total. The van der Waals surface area contributed by atoms with Crippen LogP contribution in [0.5, 0.6) is 0 Å². The average Bonchev–Trinajstić information content (AvgIpc) is 2.85. The summed E-state index contributed by atoms with van der Waals surface area (Å²) in [5.74, 6) is -0.603. The zero-order valence-electron chi connectivity index (χ0n) is 9.21. The summed E-state index contributed by atoms with van der Waals surface area (Å²) in [7, 11) is 0. The second-order valence-corrected chi connectivity index (χ2v) is 3.40. The Bertz CT molecular complexity index is 593. The summed E-state index contributed by atoms with van der Waals surface area (Å²) < 4.78 is 16.9. The van der Waals surface area contributed by atoms with Gasteiger partial charge in [-0.2, -0.15) is 4.98 Å². The molecule has 0 saturated carbocycles. The molecular formula is C12H9FN2O3. The number of halogens is 1. The Morgan fingerprint density at radius 1 is 1.50 bits per heavy atom. The standard InChI is InChI=1S/C12H9FN2O3/c13-6-2-5-10-14-11(18-15-10)8-3-1-4-9(7-8)12(16)17/h1-5,7H,6H2,(H,16,17)/b5-2+. The van der Waals surface area contributed by atoms with Crippen LogP contribution in [-0.2, 0) is 0 Å². The van der Waals surface area contributed by atoms with Crippen molar-refractivity contribution in [2.24, 2.45) is 0 Å². The summed E-state index contributed by atoms with van der Waals surface area (Å²) >= 11 is 0. The van der Waals surface area contributed by atoms with Crippen LogP contribution in [-0.4, -0.2) is 27.9 Å². The third-order valence-corrected chi connectivity index (χ3v) is 2.15. The Balaban J connectivity index is 2.31. The van der Waals surface area contributed by atoms with Gasteiger partial charge >= 0.3 is 5.97 Å². The molecule has 5 nitrogen and oxygen atoms in total. The van der Waals surface area contributed by atoms with Gasteiger partial charge in [-0.1, -0.05) is 11.2 Å². The van der Waals surface area contributed by atoms with E-state index in [9.17, 15) is 9.18 Å². The first-order valence-electron chi connectivity index (χ1n) is 5.10. The van der Waals surface area contributed by atoms with E-state index >= 15 is 0 Å². The first-order chi connectivity index (χ1) is 8.70. The third-order valence-electron chi connectivity index (χ3n) is 2.15. The van der Waals surface area contributed by atoms with Gasteiger partial charge in [-0.15, -0.1) is 0 Å². The fourth-order valence-corrected chi connectivity index (χ4v) is 1.36. The fraction of sp³-hybridized carbons (Fsp3) is 0.0833. The lowest BCUT2D eigenvalue weighted by molar-refractivity contribution is 0.0697. The molecular weight excluding hydrogens is 239 g/mol. The SMILES string of the molecule is O=C(O)c1cccc(-c2nc(/C=C/CF)no2)c1. The molecule has 1 aromatic heterocycles. The topological polar surface area (TPSA) is 76.2 Å². The molecule has 0 amide bonds. The number of allylic oxidation sites excluding steroid dienone is 1. The average molecular weight is 248 g/mol. The smallest absolute Gasteiger partial charge is 0.335 e. The van der Waals surface area contributed by atoms with Crippen LogP contribution in [0.4, 0.5) is 4.39 Å². The van der Waals surface area contributed by atoms with Crippen LogP contribution in [0, 0.1) is 0 Å². The maximum absolute atomic E-state index is 11.9. The summed E-state index contributed by atoms with van der Waals surface area (Å²) in [4.78, 5) is 14.8. The first-order valence-corrected chi connectivity index (χ1v) is 5.10. The summed E-state index contributed by atoms with van der Waals surface area (Å²) in [6, 6.07) is 6.13. The number of carbonyl (C=O) groups is 1. The molecule has 2 aromatic rings. The van der Waals surface area contributed by atoms with E-state index in [0.717, 1.165) is 0 Å². The highest BCUT2D eigenvalue weighted by Crippen LogP contribution is 2.18. The lowest BCUT2D eigenvalue weighted by Crippen LogP contribution is -1.95. The van der Waals surface area contributed by atoms with Crippen molar-refractivity contribution >= 4 is 12.0 Å². The lowest BCUT2D eigenvalue weighted by atomic mass is 10.1. The predicted molar refractivity (Wildman–Crippen MR) is 61.7 cm³/mol. The van der Waals surface area contributed by atoms with E-state index in [2.05, 4.69) is 10.1 Å². The van der Waals surface area contributed by atoms with Crippen LogP contribution in [0.25, 0.3) is 17.5 Å². The van der Waals surface area contributed by atoms with E-state index in [0.29, 0.717) is 5.56 Å². The van der Waals surface area contributed by atoms with Gasteiger partial charge in [0, 0.05) is 5.56 Å². The van der Waals surface area contributed by atoms with Gasteiger partial charge in [0.25, 0.3) is 5.89 Å². The van der Waals surface area contributed by atoms with E-state index < -0.39 is 12.6 Å². The van der Waals surface area contributed by atoms with E-state index in [1.807, 2.05) is 0 Å². The van der Waals surface area contributed by atoms with Gasteiger partial charge in [0.05, 0.1) is 5.56 Å². The number of carboxylic acid groups (broad SMARTS) is 1. The van der Waals surface area contributed by atoms with Crippen LogP contribution in [0.3, 0.4) is 0 Å². The minimum absolute atomic E-state index is 0.131. The molecule has 0 aliphatic carbocycles. The van der Waals surface area contributed by atoms with E-state index in [1.165, 1.54) is 24.3 Å². The number of benzene rings is 1. The van der Waals surface area contributed by atoms with Crippen molar-refractivity contribution < 1.29 is 18.8 Å². The van der Waals surface area contributed by atoms with Crippen molar-refractivity contribution in [2.45, 2.75) is 0 Å². The molecule has 6 heteroatoms. The zero-order chi connectivity index (χ0) is 13.0. The van der Waals surface area contributed by atoms with Gasteiger partial charge in [0.1, 0.15) is 6.67 Å². The normalized spacial score (nSPS) is 10.9. The Hall–Kier alpha value is -2.50. The predicted octanol–water partition coefficient (Wildman–Crippen LogP) is 2.42. The van der Waals surface area contributed by atoms with Crippen molar-refractivity contribution in [3.63, 3.8) is 0 Å². The van der Waals surface area contributed by atoms with Gasteiger partial charge < -0.3 is 9.63 Å². The van der Waals surface area contributed by atoms with Crippen LogP contribution in [0.15, 0.2) is 34.9 Å². The molecule has 0 aliphatic heterocycles. The van der Waals surface area contributed by atoms with Crippen LogP contribution >= 0.6 is 0 Å². The second-order valence-electron chi connectivity index (χ2n) is 3.40. The minimum atomic E-state index is -1.03. The number of carboxylic acids is 1. The molecule has 0 saturated heterocycles. The first kappa shape index (κ1) is 12.0. The van der Waals surface area contributed by atoms with Crippen LogP contribution in [0.2, 0.25) is 0 Å². The summed E-state index contributed by atoms with van der Waals surface area (Å²) in [5.41, 5.74) is 0.633. The zero-order valence-corrected chi connectivity index (χ0v) is 9.21. The molecule has 0 aliphatic rings. The molecule has 0 bridgehead atoms. The van der Waals surface area contributed by atoms with Crippen molar-refractivity contribution in [3.05, 3.63) is 41.7 Å². The van der Waals surface area contributed by atoms with Crippen LogP contribution < -0.4 is 0 Å². The maximum Gasteiger partial charge on any atom is 0.335 e. The van der Waals surface area contributed by atoms with Gasteiger partial charge in [0.15, 0.2) is 5.82 Å². The van der Waals surface area contributed by atoms with Crippen molar-refractivity contribution in [1.82, 2.24) is 10.1 Å². The highest BCUT2D eigenvalue weighted by atomic mass is 19.1. The van der Waals surface area contributed by atoms with Crippen molar-refractivity contribution in [3.8, 4) is 11.5 Å².